The maximum absolute atomic E-state index is 10.6. The molecule has 2 rings (SSSR count). The summed E-state index contributed by atoms with van der Waals surface area (Å²) in [6.45, 7) is 3.39. The van der Waals surface area contributed by atoms with Gasteiger partial charge in [0.1, 0.15) is 0 Å². The second-order valence-electron chi connectivity index (χ2n) is 5.30. The molecular formula is C18H21Cl2NO. The lowest BCUT2D eigenvalue weighted by molar-refractivity contribution is 0.140. The average molecular weight is 338 g/mol. The molecule has 0 saturated carbocycles. The zero-order valence-electron chi connectivity index (χ0n) is 12.6. The highest BCUT2D eigenvalue weighted by atomic mass is 35.5. The maximum Gasteiger partial charge on any atom is 0.0736 e. The maximum atomic E-state index is 10.6. The first-order chi connectivity index (χ1) is 10.6. The van der Waals surface area contributed by atoms with Crippen LogP contribution in [0.15, 0.2) is 48.5 Å². The van der Waals surface area contributed by atoms with Crippen LogP contribution in [0.1, 0.15) is 24.0 Å². The van der Waals surface area contributed by atoms with E-state index in [1.54, 1.807) is 0 Å². The van der Waals surface area contributed by atoms with Crippen LogP contribution in [0, 0.1) is 0 Å². The van der Waals surface area contributed by atoms with Crippen LogP contribution in [0.5, 0.6) is 0 Å². The zero-order valence-corrected chi connectivity index (χ0v) is 14.1. The average Bonchev–Trinajstić information content (AvgIpc) is 2.53. The molecule has 2 aromatic rings. The molecule has 2 N–H and O–H groups in total. The summed E-state index contributed by atoms with van der Waals surface area (Å²) < 4.78 is 0. The Bertz CT molecular complexity index is 569. The standard InChI is InChI=1S/C18H21Cl2NO/c1-2-21-12-18(22)14(13-7-4-3-5-8-13)11-15-16(19)9-6-10-17(15)20/h3-10,14,18,21-22H,2,11-12H2,1H3/t14?,18-/m0/s1. The molecule has 0 amide bonds. The molecule has 0 aliphatic heterocycles. The van der Waals surface area contributed by atoms with E-state index in [2.05, 4.69) is 5.32 Å². The number of rotatable bonds is 7. The van der Waals surface area contributed by atoms with Gasteiger partial charge >= 0.3 is 0 Å². The molecule has 0 heterocycles. The van der Waals surface area contributed by atoms with Gasteiger partial charge in [0.25, 0.3) is 0 Å². The van der Waals surface area contributed by atoms with E-state index in [1.807, 2.05) is 55.5 Å². The Morgan fingerprint density at radius 2 is 1.64 bits per heavy atom. The van der Waals surface area contributed by atoms with Crippen LogP contribution in [-0.2, 0) is 6.42 Å². The summed E-state index contributed by atoms with van der Waals surface area (Å²) >= 11 is 12.6. The van der Waals surface area contributed by atoms with Crippen molar-refractivity contribution in [1.82, 2.24) is 5.32 Å². The molecular weight excluding hydrogens is 317 g/mol. The van der Waals surface area contributed by atoms with E-state index < -0.39 is 6.10 Å². The summed E-state index contributed by atoms with van der Waals surface area (Å²) in [6.07, 6.45) is 0.101. The number of hydrogen-bond donors (Lipinski definition) is 2. The highest BCUT2D eigenvalue weighted by Crippen LogP contribution is 2.32. The van der Waals surface area contributed by atoms with Gasteiger partial charge < -0.3 is 10.4 Å². The number of aliphatic hydroxyl groups excluding tert-OH is 1. The van der Waals surface area contributed by atoms with Crippen LogP contribution in [0.25, 0.3) is 0 Å². The van der Waals surface area contributed by atoms with Gasteiger partial charge in [-0.05, 0) is 36.2 Å². The lowest BCUT2D eigenvalue weighted by Gasteiger charge is -2.24. The van der Waals surface area contributed by atoms with Crippen molar-refractivity contribution in [2.24, 2.45) is 0 Å². The minimum absolute atomic E-state index is 0.0577. The van der Waals surface area contributed by atoms with Gasteiger partial charge in [-0.2, -0.15) is 0 Å². The summed E-state index contributed by atoms with van der Waals surface area (Å²) in [6, 6.07) is 15.5. The number of likely N-dealkylation sites (N-methyl/N-ethyl adjacent to an activating group) is 1. The third-order valence-corrected chi connectivity index (χ3v) is 4.49. The van der Waals surface area contributed by atoms with Crippen molar-refractivity contribution in [3.8, 4) is 0 Å². The van der Waals surface area contributed by atoms with E-state index >= 15 is 0 Å². The molecule has 0 fully saturated rings. The van der Waals surface area contributed by atoms with Crippen molar-refractivity contribution in [2.45, 2.75) is 25.4 Å². The Hall–Kier alpha value is -1.06. The van der Waals surface area contributed by atoms with Crippen LogP contribution in [-0.4, -0.2) is 24.3 Å². The lowest BCUT2D eigenvalue weighted by atomic mass is 9.87. The topological polar surface area (TPSA) is 32.3 Å². The Kier molecular flexibility index (Phi) is 6.71. The molecule has 4 heteroatoms. The molecule has 0 radical (unpaired) electrons. The van der Waals surface area contributed by atoms with E-state index in [4.69, 9.17) is 23.2 Å². The minimum atomic E-state index is -0.505. The van der Waals surface area contributed by atoms with Crippen molar-refractivity contribution < 1.29 is 5.11 Å². The largest absolute Gasteiger partial charge is 0.391 e. The molecule has 0 aromatic heterocycles. The first-order valence-corrected chi connectivity index (χ1v) is 8.25. The molecule has 0 bridgehead atoms. The second kappa shape index (κ2) is 8.54. The Morgan fingerprint density at radius 3 is 2.23 bits per heavy atom. The number of halogens is 2. The molecule has 2 atom stereocenters. The molecule has 0 aliphatic rings. The quantitative estimate of drug-likeness (QED) is 0.789. The molecule has 0 aliphatic carbocycles. The number of benzene rings is 2. The van der Waals surface area contributed by atoms with Crippen molar-refractivity contribution in [1.29, 1.82) is 0 Å². The van der Waals surface area contributed by atoms with Gasteiger partial charge in [-0.25, -0.2) is 0 Å². The summed E-state index contributed by atoms with van der Waals surface area (Å²) in [4.78, 5) is 0. The molecule has 22 heavy (non-hydrogen) atoms. The molecule has 1 unspecified atom stereocenters. The highest BCUT2D eigenvalue weighted by Gasteiger charge is 2.23. The fourth-order valence-electron chi connectivity index (χ4n) is 2.56. The van der Waals surface area contributed by atoms with Crippen molar-refractivity contribution in [3.05, 3.63) is 69.7 Å². The fraction of sp³-hybridized carbons (Fsp3) is 0.333. The number of hydrogen-bond acceptors (Lipinski definition) is 2. The Morgan fingerprint density at radius 1 is 1.00 bits per heavy atom. The van der Waals surface area contributed by atoms with Crippen LogP contribution in [0.4, 0.5) is 0 Å². The molecule has 2 nitrogen and oxygen atoms in total. The number of nitrogens with one attached hydrogen (secondary N) is 1. The first-order valence-electron chi connectivity index (χ1n) is 7.50. The van der Waals surface area contributed by atoms with Gasteiger partial charge in [0, 0.05) is 22.5 Å². The monoisotopic (exact) mass is 337 g/mol. The van der Waals surface area contributed by atoms with E-state index in [-0.39, 0.29) is 5.92 Å². The lowest BCUT2D eigenvalue weighted by Crippen LogP contribution is -2.32. The fourth-order valence-corrected chi connectivity index (χ4v) is 3.11. The van der Waals surface area contributed by atoms with Gasteiger partial charge in [0.2, 0.25) is 0 Å². The Labute approximate surface area is 142 Å². The van der Waals surface area contributed by atoms with Crippen LogP contribution >= 0.6 is 23.2 Å². The van der Waals surface area contributed by atoms with E-state index in [0.29, 0.717) is 23.0 Å². The predicted octanol–water partition coefficient (Wildman–Crippen LogP) is 4.29. The second-order valence-corrected chi connectivity index (χ2v) is 6.11. The van der Waals surface area contributed by atoms with Crippen molar-refractivity contribution in [2.75, 3.05) is 13.1 Å². The molecule has 0 spiro atoms. The van der Waals surface area contributed by atoms with Crippen molar-refractivity contribution in [3.63, 3.8) is 0 Å². The normalized spacial score (nSPS) is 13.8. The predicted molar refractivity (Wildman–Crippen MR) is 93.9 cm³/mol. The van der Waals surface area contributed by atoms with Gasteiger partial charge in [-0.1, -0.05) is 66.5 Å². The third-order valence-electron chi connectivity index (χ3n) is 3.78. The van der Waals surface area contributed by atoms with Gasteiger partial charge in [0.05, 0.1) is 6.10 Å². The zero-order chi connectivity index (χ0) is 15.9. The van der Waals surface area contributed by atoms with Gasteiger partial charge in [0.15, 0.2) is 0 Å². The van der Waals surface area contributed by atoms with E-state index in [0.717, 1.165) is 17.7 Å². The summed E-state index contributed by atoms with van der Waals surface area (Å²) in [7, 11) is 0. The van der Waals surface area contributed by atoms with Crippen LogP contribution in [0.3, 0.4) is 0 Å². The smallest absolute Gasteiger partial charge is 0.0736 e. The highest BCUT2D eigenvalue weighted by molar-refractivity contribution is 6.36. The Balaban J connectivity index is 2.28. The molecule has 2 aromatic carbocycles. The summed E-state index contributed by atoms with van der Waals surface area (Å²) in [5.74, 6) is -0.0577. The summed E-state index contributed by atoms with van der Waals surface area (Å²) in [5, 5.41) is 15.1. The molecule has 118 valence electrons. The van der Waals surface area contributed by atoms with E-state index in [1.165, 1.54) is 0 Å². The third kappa shape index (κ3) is 4.47. The van der Waals surface area contributed by atoms with Gasteiger partial charge in [-0.15, -0.1) is 0 Å². The van der Waals surface area contributed by atoms with Gasteiger partial charge in [-0.3, -0.25) is 0 Å². The van der Waals surface area contributed by atoms with Crippen molar-refractivity contribution >= 4 is 23.2 Å². The minimum Gasteiger partial charge on any atom is -0.391 e. The van der Waals surface area contributed by atoms with Crippen LogP contribution in [0.2, 0.25) is 10.0 Å². The molecule has 0 saturated heterocycles. The van der Waals surface area contributed by atoms with Crippen LogP contribution < -0.4 is 5.32 Å². The SMILES string of the molecule is CCNC[C@H](O)C(Cc1c(Cl)cccc1Cl)c1ccccc1. The first kappa shape index (κ1) is 17.3. The van der Waals surface area contributed by atoms with E-state index in [9.17, 15) is 5.11 Å². The number of aliphatic hydroxyl groups is 1. The summed E-state index contributed by atoms with van der Waals surface area (Å²) in [5.41, 5.74) is 1.97.